The first-order valence-electron chi connectivity index (χ1n) is 5.73. The Morgan fingerprint density at radius 3 is 3.06 bits per heavy atom. The summed E-state index contributed by atoms with van der Waals surface area (Å²) in [5.41, 5.74) is 1.08. The quantitative estimate of drug-likeness (QED) is 0.827. The second kappa shape index (κ2) is 4.93. The van der Waals surface area contributed by atoms with E-state index >= 15 is 0 Å². The molecule has 4 nitrogen and oxygen atoms in total. The summed E-state index contributed by atoms with van der Waals surface area (Å²) in [6, 6.07) is -0.0417. The number of aryl methyl sites for hydroxylation is 1. The van der Waals surface area contributed by atoms with Gasteiger partial charge in [0.25, 0.3) is 0 Å². The van der Waals surface area contributed by atoms with Crippen molar-refractivity contribution in [2.24, 2.45) is 0 Å². The van der Waals surface area contributed by atoms with Gasteiger partial charge in [-0.15, -0.1) is 0 Å². The van der Waals surface area contributed by atoms with Crippen LogP contribution in [0.4, 0.5) is 4.39 Å². The highest BCUT2D eigenvalue weighted by atomic mass is 19.1. The normalized spacial score (nSPS) is 26.4. The molecule has 1 aromatic rings. The Balaban J connectivity index is 1.98. The maximum Gasteiger partial charge on any atom is 0.114 e. The molecule has 0 amide bonds. The Hall–Kier alpha value is -0.940. The van der Waals surface area contributed by atoms with Crippen molar-refractivity contribution in [3.8, 4) is 0 Å². The predicted octanol–water partition coefficient (Wildman–Crippen LogP) is 0.808. The number of aromatic nitrogens is 2. The third-order valence-corrected chi connectivity index (χ3v) is 3.08. The molecular weight excluding hydrogens is 209 g/mol. The van der Waals surface area contributed by atoms with Gasteiger partial charge in [-0.2, -0.15) is 5.10 Å². The molecule has 0 aromatic carbocycles. The number of hydrogen-bond acceptors (Lipinski definition) is 3. The summed E-state index contributed by atoms with van der Waals surface area (Å²) in [4.78, 5) is 1.99. The van der Waals surface area contributed by atoms with Crippen LogP contribution >= 0.6 is 0 Å². The first kappa shape index (κ1) is 11.5. The van der Waals surface area contributed by atoms with Gasteiger partial charge >= 0.3 is 0 Å². The fourth-order valence-corrected chi connectivity index (χ4v) is 2.20. The third-order valence-electron chi connectivity index (χ3n) is 3.08. The van der Waals surface area contributed by atoms with Crippen molar-refractivity contribution in [1.82, 2.24) is 14.7 Å². The lowest BCUT2D eigenvalue weighted by Crippen LogP contribution is -2.31. The van der Waals surface area contributed by atoms with Crippen LogP contribution in [0.5, 0.6) is 0 Å². The lowest BCUT2D eigenvalue weighted by molar-refractivity contribution is 0.153. The molecule has 1 saturated heterocycles. The van der Waals surface area contributed by atoms with Crippen molar-refractivity contribution in [1.29, 1.82) is 0 Å². The average Bonchev–Trinajstić information content (AvgIpc) is 2.85. The number of alkyl halides is 1. The standard InChI is InChI=1S/C11H18FN3O/c1-2-15-6-9(4-13-15)5-14-7-10(12)3-11(14)8-16/h4,6,10-11,16H,2-3,5,7-8H2,1H3/t10-,11-/m0/s1. The zero-order chi connectivity index (χ0) is 11.5. The number of rotatable bonds is 4. The van der Waals surface area contributed by atoms with E-state index in [0.717, 1.165) is 12.1 Å². The van der Waals surface area contributed by atoms with E-state index in [0.29, 0.717) is 19.5 Å². The van der Waals surface area contributed by atoms with E-state index in [2.05, 4.69) is 5.10 Å². The Morgan fingerprint density at radius 1 is 1.62 bits per heavy atom. The van der Waals surface area contributed by atoms with Crippen LogP contribution in [0.3, 0.4) is 0 Å². The van der Waals surface area contributed by atoms with Crippen molar-refractivity contribution in [2.45, 2.75) is 38.6 Å². The van der Waals surface area contributed by atoms with Crippen LogP contribution in [0.2, 0.25) is 0 Å². The predicted molar refractivity (Wildman–Crippen MR) is 58.7 cm³/mol. The molecule has 1 aliphatic rings. The third kappa shape index (κ3) is 2.41. The highest BCUT2D eigenvalue weighted by Crippen LogP contribution is 2.22. The van der Waals surface area contributed by atoms with E-state index in [9.17, 15) is 4.39 Å². The second-order valence-electron chi connectivity index (χ2n) is 4.30. The van der Waals surface area contributed by atoms with Crippen molar-refractivity contribution in [3.05, 3.63) is 18.0 Å². The largest absolute Gasteiger partial charge is 0.395 e. The number of nitrogens with zero attached hydrogens (tertiary/aromatic N) is 3. The first-order chi connectivity index (χ1) is 7.72. The van der Waals surface area contributed by atoms with Crippen LogP contribution in [-0.2, 0) is 13.1 Å². The minimum absolute atomic E-state index is 0.0301. The van der Waals surface area contributed by atoms with Crippen LogP contribution < -0.4 is 0 Å². The number of hydrogen-bond donors (Lipinski definition) is 1. The Kier molecular flexibility index (Phi) is 3.56. The molecule has 1 N–H and O–H groups in total. The summed E-state index contributed by atoms with van der Waals surface area (Å²) in [6.45, 7) is 3.99. The summed E-state index contributed by atoms with van der Waals surface area (Å²) >= 11 is 0. The fourth-order valence-electron chi connectivity index (χ4n) is 2.20. The molecule has 0 aliphatic carbocycles. The van der Waals surface area contributed by atoms with Crippen molar-refractivity contribution in [2.75, 3.05) is 13.2 Å². The summed E-state index contributed by atoms with van der Waals surface area (Å²) in [6.07, 6.45) is 3.42. The summed E-state index contributed by atoms with van der Waals surface area (Å²) in [7, 11) is 0. The highest BCUT2D eigenvalue weighted by Gasteiger charge is 2.31. The second-order valence-corrected chi connectivity index (χ2v) is 4.30. The van der Waals surface area contributed by atoms with E-state index in [-0.39, 0.29) is 12.6 Å². The maximum atomic E-state index is 13.2. The highest BCUT2D eigenvalue weighted by molar-refractivity contribution is 5.05. The first-order valence-corrected chi connectivity index (χ1v) is 5.73. The Labute approximate surface area is 94.7 Å². The maximum absolute atomic E-state index is 13.2. The van der Waals surface area contributed by atoms with Crippen molar-refractivity contribution < 1.29 is 9.50 Å². The zero-order valence-electron chi connectivity index (χ0n) is 9.51. The Bertz CT molecular complexity index is 342. The SMILES string of the molecule is CCn1cc(CN2C[C@@H](F)C[C@H]2CO)cn1. The molecule has 90 valence electrons. The van der Waals surface area contributed by atoms with Gasteiger partial charge < -0.3 is 5.11 Å². The van der Waals surface area contributed by atoms with Gasteiger partial charge in [0.15, 0.2) is 0 Å². The molecular formula is C11H18FN3O. The van der Waals surface area contributed by atoms with E-state index in [1.54, 1.807) is 0 Å². The van der Waals surface area contributed by atoms with Crippen LogP contribution in [0.25, 0.3) is 0 Å². The van der Waals surface area contributed by atoms with Gasteiger partial charge in [-0.1, -0.05) is 0 Å². The molecule has 0 radical (unpaired) electrons. The van der Waals surface area contributed by atoms with E-state index in [4.69, 9.17) is 5.11 Å². The molecule has 5 heteroatoms. The molecule has 2 heterocycles. The van der Waals surface area contributed by atoms with Crippen LogP contribution in [-0.4, -0.2) is 45.2 Å². The fraction of sp³-hybridized carbons (Fsp3) is 0.727. The molecule has 2 atom stereocenters. The topological polar surface area (TPSA) is 41.3 Å². The van der Waals surface area contributed by atoms with Crippen LogP contribution in [0.15, 0.2) is 12.4 Å². The zero-order valence-corrected chi connectivity index (χ0v) is 9.51. The minimum Gasteiger partial charge on any atom is -0.395 e. The summed E-state index contributed by atoms with van der Waals surface area (Å²) in [5.74, 6) is 0. The van der Waals surface area contributed by atoms with Gasteiger partial charge in [0.2, 0.25) is 0 Å². The van der Waals surface area contributed by atoms with E-state index in [1.807, 2.05) is 28.9 Å². The van der Waals surface area contributed by atoms with E-state index in [1.165, 1.54) is 0 Å². The number of aliphatic hydroxyl groups is 1. The van der Waals surface area contributed by atoms with Gasteiger partial charge in [-0.25, -0.2) is 4.39 Å². The van der Waals surface area contributed by atoms with Crippen molar-refractivity contribution in [3.63, 3.8) is 0 Å². The molecule has 1 aliphatic heterocycles. The molecule has 1 fully saturated rings. The molecule has 16 heavy (non-hydrogen) atoms. The molecule has 0 spiro atoms. The molecule has 0 saturated carbocycles. The monoisotopic (exact) mass is 227 g/mol. The number of aliphatic hydroxyl groups excluding tert-OH is 1. The average molecular weight is 227 g/mol. The smallest absolute Gasteiger partial charge is 0.114 e. The molecule has 0 bridgehead atoms. The summed E-state index contributed by atoms with van der Waals surface area (Å²) < 4.78 is 15.1. The lowest BCUT2D eigenvalue weighted by Gasteiger charge is -2.21. The van der Waals surface area contributed by atoms with Gasteiger partial charge in [0, 0.05) is 37.4 Å². The van der Waals surface area contributed by atoms with Crippen molar-refractivity contribution >= 4 is 0 Å². The van der Waals surface area contributed by atoms with Gasteiger partial charge in [-0.05, 0) is 13.3 Å². The van der Waals surface area contributed by atoms with Gasteiger partial charge in [0.05, 0.1) is 12.8 Å². The van der Waals surface area contributed by atoms with Gasteiger partial charge in [0.1, 0.15) is 6.17 Å². The number of halogens is 1. The summed E-state index contributed by atoms with van der Waals surface area (Å²) in [5, 5.41) is 13.3. The minimum atomic E-state index is -0.807. The Morgan fingerprint density at radius 2 is 2.44 bits per heavy atom. The molecule has 1 aromatic heterocycles. The van der Waals surface area contributed by atoms with Crippen LogP contribution in [0, 0.1) is 0 Å². The lowest BCUT2D eigenvalue weighted by atomic mass is 10.2. The molecule has 0 unspecified atom stereocenters. The molecule has 2 rings (SSSR count). The number of likely N-dealkylation sites (tertiary alicyclic amines) is 1. The van der Waals surface area contributed by atoms with E-state index < -0.39 is 6.17 Å². The van der Waals surface area contributed by atoms with Gasteiger partial charge in [-0.3, -0.25) is 9.58 Å². The van der Waals surface area contributed by atoms with Crippen LogP contribution in [0.1, 0.15) is 18.9 Å².